The maximum Gasteiger partial charge on any atom is 0.416 e. The van der Waals surface area contributed by atoms with E-state index in [1.807, 2.05) is 0 Å². The van der Waals surface area contributed by atoms with Crippen molar-refractivity contribution >= 4 is 44.3 Å². The van der Waals surface area contributed by atoms with Crippen LogP contribution in [-0.4, -0.2) is 33.3 Å². The Labute approximate surface area is 234 Å². The number of ether oxygens (including phenoxy) is 2. The van der Waals surface area contributed by atoms with E-state index in [1.165, 1.54) is 18.4 Å². The number of nitro groups is 2. The number of non-ortho nitro benzene ring substituents is 1. The van der Waals surface area contributed by atoms with Crippen LogP contribution in [0.3, 0.4) is 0 Å². The summed E-state index contributed by atoms with van der Waals surface area (Å²) >= 11 is 5.88. The minimum atomic E-state index is -4.67. The predicted molar refractivity (Wildman–Crippen MR) is 140 cm³/mol. The summed E-state index contributed by atoms with van der Waals surface area (Å²) < 4.78 is 52.2. The van der Waals surface area contributed by atoms with Crippen LogP contribution < -0.4 is 4.74 Å². The van der Waals surface area contributed by atoms with Gasteiger partial charge in [0.25, 0.3) is 11.4 Å². The average molecular weight is 616 g/mol. The molecule has 0 fully saturated rings. The smallest absolute Gasteiger partial charge is 0.416 e. The summed E-state index contributed by atoms with van der Waals surface area (Å²) in [5.41, 5.74) is -2.78. The molecular weight excluding hydrogens is 599 g/mol. The van der Waals surface area contributed by atoms with Gasteiger partial charge < -0.3 is 9.47 Å². The Bertz CT molecular complexity index is 1550. The molecule has 0 amide bonds. The van der Waals surface area contributed by atoms with E-state index in [1.54, 1.807) is 0 Å². The monoisotopic (exact) mass is 615 g/mol. The van der Waals surface area contributed by atoms with Crippen LogP contribution in [0.1, 0.15) is 22.8 Å². The largest absolute Gasteiger partial charge is 0.456 e. The van der Waals surface area contributed by atoms with Gasteiger partial charge in [-0.1, -0.05) is 11.6 Å². The lowest BCUT2D eigenvalue weighted by Crippen LogP contribution is -2.28. The van der Waals surface area contributed by atoms with Gasteiger partial charge in [-0.05, 0) is 64.4 Å². The van der Waals surface area contributed by atoms with Crippen molar-refractivity contribution in [1.29, 1.82) is 0 Å². The molecule has 0 aliphatic heterocycles. The van der Waals surface area contributed by atoms with Gasteiger partial charge in [-0.2, -0.15) is 13.2 Å². The van der Waals surface area contributed by atoms with Gasteiger partial charge in [0.15, 0.2) is 6.10 Å². The van der Waals surface area contributed by atoms with E-state index in [4.69, 9.17) is 21.1 Å². The average Bonchev–Trinajstić information content (AvgIpc) is 2.92. The minimum Gasteiger partial charge on any atom is -0.456 e. The second-order valence-corrected chi connectivity index (χ2v) is 11.4. The number of hydrogen-bond donors (Lipinski definition) is 0. The molecular formula is C24H17ClF3N3O9S. The highest BCUT2D eigenvalue weighted by Gasteiger charge is 2.38. The first-order valence-electron chi connectivity index (χ1n) is 11.0. The molecule has 0 spiro atoms. The third-order valence-electron chi connectivity index (χ3n) is 5.53. The number of nitro benzene ring substituents is 2. The summed E-state index contributed by atoms with van der Waals surface area (Å²) in [6.07, 6.45) is -5.14. The molecule has 0 heterocycles. The number of esters is 1. The molecule has 0 saturated carbocycles. The van der Waals surface area contributed by atoms with Crippen LogP contribution >= 0.6 is 21.8 Å². The summed E-state index contributed by atoms with van der Waals surface area (Å²) in [6.45, 7) is 1.11. The van der Waals surface area contributed by atoms with Crippen molar-refractivity contribution in [1.82, 2.24) is 0 Å². The van der Waals surface area contributed by atoms with E-state index in [0.717, 1.165) is 43.3 Å². The third kappa shape index (κ3) is 6.78. The van der Waals surface area contributed by atoms with E-state index in [-0.39, 0.29) is 22.1 Å². The van der Waals surface area contributed by atoms with E-state index >= 15 is 0 Å². The second kappa shape index (κ2) is 11.9. The number of alkyl halides is 3. The zero-order valence-corrected chi connectivity index (χ0v) is 22.4. The molecule has 0 saturated heterocycles. The zero-order valence-electron chi connectivity index (χ0n) is 20.8. The lowest BCUT2D eigenvalue weighted by molar-refractivity contribution is -0.385. The van der Waals surface area contributed by atoms with Crippen molar-refractivity contribution in [3.05, 3.63) is 102 Å². The first-order valence-corrected chi connectivity index (χ1v) is 13.4. The molecule has 17 heteroatoms. The summed E-state index contributed by atoms with van der Waals surface area (Å²) in [5.74, 6) is -1.85. The maximum atomic E-state index is 13.1. The maximum absolute atomic E-state index is 13.1. The topological polar surface area (TPSA) is 168 Å². The predicted octanol–water partition coefficient (Wildman–Crippen LogP) is 7.21. The minimum absolute atomic E-state index is 0.0424. The van der Waals surface area contributed by atoms with Crippen LogP contribution in [-0.2, 0) is 15.7 Å². The molecule has 3 rings (SSSR count). The number of nitroso groups, excluding NO2 is 1. The van der Waals surface area contributed by atoms with E-state index in [2.05, 4.69) is 4.58 Å². The first kappa shape index (κ1) is 31.0. The molecule has 216 valence electrons. The summed E-state index contributed by atoms with van der Waals surface area (Å²) in [5, 5.41) is 21.0. The van der Waals surface area contributed by atoms with Crippen molar-refractivity contribution in [3.8, 4) is 11.5 Å². The molecule has 0 N–H and O–H groups in total. The number of nitrogens with zero attached hydrogens (tertiary/aromatic N) is 3. The highest BCUT2D eigenvalue weighted by atomic mass is 35.5. The Morgan fingerprint density at radius 3 is 2.15 bits per heavy atom. The molecule has 3 aromatic carbocycles. The molecule has 0 radical (unpaired) electrons. The molecule has 0 bridgehead atoms. The number of hydrogen-bond acceptors (Lipinski definition) is 10. The Morgan fingerprint density at radius 2 is 1.63 bits per heavy atom. The summed E-state index contributed by atoms with van der Waals surface area (Å²) in [7, 11) is -3.22. The zero-order chi connectivity index (χ0) is 30.7. The fraction of sp³-hybridized carbons (Fsp3) is 0.167. The molecule has 0 aromatic heterocycles. The van der Waals surface area contributed by atoms with Crippen molar-refractivity contribution in [2.24, 2.45) is 4.58 Å². The van der Waals surface area contributed by atoms with Crippen LogP contribution in [0.25, 0.3) is 0 Å². The summed E-state index contributed by atoms with van der Waals surface area (Å²) in [4.78, 5) is 58.6. The number of carbonyl (C=O) groups excluding carboxylic acids is 2. The van der Waals surface area contributed by atoms with Crippen LogP contribution in [0.2, 0.25) is 5.02 Å². The van der Waals surface area contributed by atoms with Gasteiger partial charge in [-0.25, -0.2) is 4.79 Å². The van der Waals surface area contributed by atoms with E-state index in [0.29, 0.717) is 12.1 Å². The lowest BCUT2D eigenvalue weighted by atomic mass is 10.1. The molecule has 2 atom stereocenters. The van der Waals surface area contributed by atoms with Gasteiger partial charge in [-0.3, -0.25) is 25.0 Å². The first-order chi connectivity index (χ1) is 19.1. The summed E-state index contributed by atoms with van der Waals surface area (Å²) in [6, 6.07) is 9.47. The van der Waals surface area contributed by atoms with Crippen LogP contribution in [0, 0.1) is 25.1 Å². The van der Waals surface area contributed by atoms with Gasteiger partial charge in [0, 0.05) is 29.2 Å². The highest BCUT2D eigenvalue weighted by Crippen LogP contribution is 2.55. The van der Waals surface area contributed by atoms with E-state index < -0.39 is 65.3 Å². The van der Waals surface area contributed by atoms with Crippen molar-refractivity contribution < 1.29 is 42.1 Å². The van der Waals surface area contributed by atoms with Crippen LogP contribution in [0.15, 0.2) is 70.1 Å². The Hall–Kier alpha value is -4.57. The van der Waals surface area contributed by atoms with Gasteiger partial charge in [-0.15, -0.1) is 4.91 Å². The van der Waals surface area contributed by atoms with Gasteiger partial charge >= 0.3 is 12.1 Å². The highest BCUT2D eigenvalue weighted by molar-refractivity contribution is 8.43. The van der Waals surface area contributed by atoms with Gasteiger partial charge in [0.2, 0.25) is 5.12 Å². The fourth-order valence-electron chi connectivity index (χ4n) is 3.41. The number of carbonyl (C=O) groups is 2. The van der Waals surface area contributed by atoms with Crippen molar-refractivity contribution in [2.45, 2.75) is 24.1 Å². The number of rotatable bonds is 9. The Kier molecular flexibility index (Phi) is 8.98. The normalized spacial score (nSPS) is 14.2. The van der Waals surface area contributed by atoms with Crippen molar-refractivity contribution in [2.75, 3.05) is 6.26 Å². The molecule has 41 heavy (non-hydrogen) atoms. The molecule has 2 unspecified atom stereocenters. The van der Waals surface area contributed by atoms with Gasteiger partial charge in [0.05, 0.1) is 20.4 Å². The van der Waals surface area contributed by atoms with Gasteiger partial charge in [0.1, 0.15) is 17.1 Å². The standard InChI is InChI=1S/C24H17ClF3N3O9S/c1-13(23(33)41(2,29-34)17-7-4-15(5-8-17)30(35)36)39-22(32)18-12-16(6-9-20(18)31(37)38)40-21-10-3-14(11-19(21)25)24(26,27)28/h3-13H,1-2H3. The van der Waals surface area contributed by atoms with Crippen LogP contribution in [0.5, 0.6) is 11.5 Å². The van der Waals surface area contributed by atoms with Crippen LogP contribution in [0.4, 0.5) is 24.5 Å². The third-order valence-corrected chi connectivity index (χ3v) is 8.43. The Balaban J connectivity index is 1.87. The Morgan fingerprint density at radius 1 is 1.00 bits per heavy atom. The second-order valence-electron chi connectivity index (χ2n) is 8.25. The molecule has 0 aliphatic carbocycles. The number of benzene rings is 3. The SMILES string of the molecule is CC(OC(=O)c1cc(Oc2ccc(C(F)(F)F)cc2Cl)ccc1[N+](=O)[O-])C(=O)S(C)(N=O)c1ccc([N+](=O)[O-])cc1. The molecule has 3 aromatic rings. The molecule has 0 aliphatic rings. The molecule has 12 nitrogen and oxygen atoms in total. The van der Waals surface area contributed by atoms with E-state index in [9.17, 15) is 47.9 Å². The quantitative estimate of drug-likeness (QED) is 0.104. The lowest BCUT2D eigenvalue weighted by Gasteiger charge is -2.28. The fourth-order valence-corrected chi connectivity index (χ4v) is 5.38. The number of halogens is 4. The van der Waals surface area contributed by atoms with Crippen molar-refractivity contribution in [3.63, 3.8) is 0 Å².